The van der Waals surface area contributed by atoms with Crippen molar-refractivity contribution >= 4 is 24.4 Å². The van der Waals surface area contributed by atoms with Crippen LogP contribution in [0.2, 0.25) is 0 Å². The first kappa shape index (κ1) is 9.01. The molecule has 0 N–H and O–H groups in total. The minimum atomic E-state index is 0.923. The molecular weight excluding hydrogens is 172 g/mol. The molecule has 0 fully saturated rings. The maximum Gasteiger partial charge on any atom is 0.0361 e. The molecule has 0 aliphatic carbocycles. The topological polar surface area (TPSA) is 0 Å². The molecule has 0 aliphatic rings. The van der Waals surface area contributed by atoms with Crippen molar-refractivity contribution in [1.29, 1.82) is 0 Å². The van der Waals surface area contributed by atoms with Gasteiger partial charge >= 0.3 is 0 Å². The van der Waals surface area contributed by atoms with Gasteiger partial charge in [-0.2, -0.15) is 24.4 Å². The molecule has 1 rings (SSSR count). The van der Waals surface area contributed by atoms with Crippen LogP contribution >= 0.6 is 24.4 Å². The van der Waals surface area contributed by atoms with Crippen molar-refractivity contribution < 1.29 is 0 Å². The summed E-state index contributed by atoms with van der Waals surface area (Å²) in [6.45, 7) is 0. The predicted octanol–water partition coefficient (Wildman–Crippen LogP) is 2.85. The Morgan fingerprint density at radius 1 is 1.18 bits per heavy atom. The van der Waals surface area contributed by atoms with Gasteiger partial charge in [-0.3, -0.25) is 0 Å². The quantitative estimate of drug-likeness (QED) is 0.426. The first-order valence-corrected chi connectivity index (χ1v) is 5.44. The van der Waals surface area contributed by atoms with E-state index in [-0.39, 0.29) is 0 Å². The van der Waals surface area contributed by atoms with Crippen LogP contribution in [-0.2, 0) is 6.42 Å². The summed E-state index contributed by atoms with van der Waals surface area (Å²) in [6.07, 6.45) is 1.16. The van der Waals surface area contributed by atoms with Crippen molar-refractivity contribution in [3.63, 3.8) is 0 Å². The summed E-state index contributed by atoms with van der Waals surface area (Å²) in [4.78, 5) is 0. The number of thioether (sulfide) groups is 1. The zero-order valence-electron chi connectivity index (χ0n) is 6.36. The normalized spacial score (nSPS) is 9.91. The lowest BCUT2D eigenvalue weighted by Crippen LogP contribution is -1.86. The molecule has 0 aromatic heterocycles. The van der Waals surface area contributed by atoms with E-state index in [1.54, 1.807) is 0 Å². The van der Waals surface area contributed by atoms with Crippen molar-refractivity contribution in [1.82, 2.24) is 0 Å². The van der Waals surface area contributed by atoms with E-state index in [1.807, 2.05) is 11.8 Å². The fourth-order valence-electron chi connectivity index (χ4n) is 0.899. The fourth-order valence-corrected chi connectivity index (χ4v) is 1.80. The van der Waals surface area contributed by atoms with Gasteiger partial charge in [-0.25, -0.2) is 0 Å². The van der Waals surface area contributed by atoms with Gasteiger partial charge in [0.1, 0.15) is 0 Å². The molecule has 0 unspecified atom stereocenters. The van der Waals surface area contributed by atoms with Crippen molar-refractivity contribution in [2.75, 3.05) is 10.8 Å². The highest BCUT2D eigenvalue weighted by Gasteiger charge is 1.89. The van der Waals surface area contributed by atoms with Gasteiger partial charge in [0.05, 0.1) is 0 Å². The summed E-state index contributed by atoms with van der Waals surface area (Å²) in [6, 6.07) is 10.6. The van der Waals surface area contributed by atoms with E-state index in [4.69, 9.17) is 0 Å². The third-order valence-electron chi connectivity index (χ3n) is 1.47. The Morgan fingerprint density at radius 3 is 2.55 bits per heavy atom. The van der Waals surface area contributed by atoms with Crippen LogP contribution < -0.4 is 0 Å². The molecule has 0 spiro atoms. The Bertz CT molecular complexity index is 184. The van der Waals surface area contributed by atoms with Crippen molar-refractivity contribution in [2.45, 2.75) is 6.42 Å². The molecule has 2 heteroatoms. The molecule has 0 radical (unpaired) electrons. The van der Waals surface area contributed by atoms with Crippen LogP contribution in [0.3, 0.4) is 0 Å². The van der Waals surface area contributed by atoms with Crippen molar-refractivity contribution in [3.8, 4) is 0 Å². The Hall–Kier alpha value is -0.0800. The molecule has 0 amide bonds. The maximum atomic E-state index is 4.13. The number of thiol groups is 1. The van der Waals surface area contributed by atoms with E-state index in [0.29, 0.717) is 0 Å². The van der Waals surface area contributed by atoms with E-state index in [2.05, 4.69) is 43.0 Å². The van der Waals surface area contributed by atoms with Crippen LogP contribution in [0, 0.1) is 0 Å². The van der Waals surface area contributed by atoms with E-state index in [9.17, 15) is 0 Å². The zero-order chi connectivity index (χ0) is 7.94. The third kappa shape index (κ3) is 3.73. The van der Waals surface area contributed by atoms with Crippen LogP contribution in [-0.4, -0.2) is 10.8 Å². The highest BCUT2D eigenvalue weighted by atomic mass is 32.2. The average Bonchev–Trinajstić information content (AvgIpc) is 2.07. The highest BCUT2D eigenvalue weighted by molar-refractivity contribution is 8.09. The third-order valence-corrected chi connectivity index (χ3v) is 2.69. The van der Waals surface area contributed by atoms with Gasteiger partial charge in [0.2, 0.25) is 0 Å². The summed E-state index contributed by atoms with van der Waals surface area (Å²) in [5, 5.41) is 0.923. The molecule has 0 aliphatic heterocycles. The Morgan fingerprint density at radius 2 is 1.91 bits per heavy atom. The van der Waals surface area contributed by atoms with Gasteiger partial charge in [0, 0.05) is 5.08 Å². The molecular formula is C9H12S2. The van der Waals surface area contributed by atoms with Gasteiger partial charge in [0.15, 0.2) is 0 Å². The van der Waals surface area contributed by atoms with Crippen LogP contribution in [0.1, 0.15) is 5.56 Å². The summed E-state index contributed by atoms with van der Waals surface area (Å²) in [7, 11) is 0. The van der Waals surface area contributed by atoms with E-state index < -0.39 is 0 Å². The first-order valence-electron chi connectivity index (χ1n) is 3.66. The molecule has 0 bridgehead atoms. The van der Waals surface area contributed by atoms with Crippen molar-refractivity contribution in [3.05, 3.63) is 35.9 Å². The largest absolute Gasteiger partial charge is 0.168 e. The number of hydrogen-bond donors (Lipinski definition) is 1. The summed E-state index contributed by atoms with van der Waals surface area (Å²) in [5.41, 5.74) is 1.42. The minimum absolute atomic E-state index is 0.923. The second-order valence-corrected chi connectivity index (χ2v) is 4.12. The standard InChI is InChI=1S/C9H12S2/c10-8-11-7-6-9-4-2-1-3-5-9/h1-5,10H,6-8H2. The van der Waals surface area contributed by atoms with Crippen molar-refractivity contribution in [2.24, 2.45) is 0 Å². The molecule has 1 aromatic rings. The first-order chi connectivity index (χ1) is 5.43. The Labute approximate surface area is 77.8 Å². The minimum Gasteiger partial charge on any atom is -0.168 e. The summed E-state index contributed by atoms with van der Waals surface area (Å²) >= 11 is 6.00. The number of hydrogen-bond acceptors (Lipinski definition) is 2. The van der Waals surface area contributed by atoms with E-state index >= 15 is 0 Å². The lowest BCUT2D eigenvalue weighted by Gasteiger charge is -1.98. The molecule has 1 aromatic carbocycles. The van der Waals surface area contributed by atoms with Crippen LogP contribution in [0.15, 0.2) is 30.3 Å². The molecule has 60 valence electrons. The lowest BCUT2D eigenvalue weighted by molar-refractivity contribution is 1.16. The second-order valence-electron chi connectivity index (χ2n) is 2.27. The number of benzene rings is 1. The van der Waals surface area contributed by atoms with E-state index in [0.717, 1.165) is 11.5 Å². The maximum absolute atomic E-state index is 4.13. The van der Waals surface area contributed by atoms with Gasteiger partial charge in [-0.15, -0.1) is 0 Å². The van der Waals surface area contributed by atoms with Gasteiger partial charge in [-0.05, 0) is 17.7 Å². The monoisotopic (exact) mass is 184 g/mol. The van der Waals surface area contributed by atoms with Crippen LogP contribution in [0.25, 0.3) is 0 Å². The van der Waals surface area contributed by atoms with Gasteiger partial charge in [0.25, 0.3) is 0 Å². The second kappa shape index (κ2) is 5.56. The fraction of sp³-hybridized carbons (Fsp3) is 0.333. The molecule has 0 saturated carbocycles. The smallest absolute Gasteiger partial charge is 0.0361 e. The van der Waals surface area contributed by atoms with Gasteiger partial charge < -0.3 is 0 Å². The van der Waals surface area contributed by atoms with E-state index in [1.165, 1.54) is 11.3 Å². The Balaban J connectivity index is 2.28. The molecule has 0 saturated heterocycles. The summed E-state index contributed by atoms with van der Waals surface area (Å²) < 4.78 is 0. The SMILES string of the molecule is SCSCCc1ccccc1. The zero-order valence-corrected chi connectivity index (χ0v) is 8.07. The number of rotatable bonds is 4. The molecule has 0 heterocycles. The average molecular weight is 184 g/mol. The summed E-state index contributed by atoms with van der Waals surface area (Å²) in [5.74, 6) is 1.17. The van der Waals surface area contributed by atoms with Crippen LogP contribution in [0.5, 0.6) is 0 Å². The number of aryl methyl sites for hydroxylation is 1. The lowest BCUT2D eigenvalue weighted by atomic mass is 10.2. The molecule has 11 heavy (non-hydrogen) atoms. The van der Waals surface area contributed by atoms with Gasteiger partial charge in [-0.1, -0.05) is 30.3 Å². The highest BCUT2D eigenvalue weighted by Crippen LogP contribution is 2.07. The Kier molecular flexibility index (Phi) is 4.55. The molecule has 0 atom stereocenters. The van der Waals surface area contributed by atoms with Crippen LogP contribution in [0.4, 0.5) is 0 Å². The molecule has 0 nitrogen and oxygen atoms in total. The predicted molar refractivity (Wildman–Crippen MR) is 56.5 cm³/mol.